The molecule has 1 N–H and O–H groups in total. The van der Waals surface area contributed by atoms with Crippen molar-refractivity contribution in [3.05, 3.63) is 66.2 Å². The molecule has 6 heteroatoms. The van der Waals surface area contributed by atoms with E-state index in [4.69, 9.17) is 4.42 Å². The predicted molar refractivity (Wildman–Crippen MR) is 107 cm³/mol. The lowest BCUT2D eigenvalue weighted by Gasteiger charge is -2.09. The summed E-state index contributed by atoms with van der Waals surface area (Å²) in [4.78, 5) is 12.6. The number of carbonyl (C=O) groups is 1. The quantitative estimate of drug-likeness (QED) is 0.567. The number of carbonyl (C=O) groups excluding carboxylic acids is 1. The van der Waals surface area contributed by atoms with Crippen molar-refractivity contribution in [1.82, 2.24) is 14.8 Å². The molecule has 3 heterocycles. The van der Waals surface area contributed by atoms with Gasteiger partial charge in [0.05, 0.1) is 0 Å². The number of aryl methyl sites for hydroxylation is 1. The lowest BCUT2D eigenvalue weighted by atomic mass is 10.2. The first-order chi connectivity index (χ1) is 13.8. The number of furan rings is 1. The van der Waals surface area contributed by atoms with Gasteiger partial charge in [0.15, 0.2) is 11.6 Å². The van der Waals surface area contributed by atoms with Crippen LogP contribution in [0, 0.1) is 0 Å². The minimum Gasteiger partial charge on any atom is -0.451 e. The van der Waals surface area contributed by atoms with Crippen molar-refractivity contribution in [3.8, 4) is 11.4 Å². The van der Waals surface area contributed by atoms with Gasteiger partial charge in [-0.3, -0.25) is 4.79 Å². The van der Waals surface area contributed by atoms with E-state index in [1.54, 1.807) is 6.07 Å². The third kappa shape index (κ3) is 3.07. The second kappa shape index (κ2) is 6.96. The van der Waals surface area contributed by atoms with Gasteiger partial charge in [-0.1, -0.05) is 36.8 Å². The van der Waals surface area contributed by atoms with Crippen molar-refractivity contribution >= 4 is 22.6 Å². The van der Waals surface area contributed by atoms with Gasteiger partial charge in [0.2, 0.25) is 0 Å². The number of amides is 1. The molecular formula is C22H20N4O2. The molecule has 0 spiro atoms. The van der Waals surface area contributed by atoms with Crippen LogP contribution in [0.25, 0.3) is 22.4 Å². The summed E-state index contributed by atoms with van der Waals surface area (Å²) in [6, 6.07) is 17.1. The standard InChI is InChI=1S/C22H20N4O2/c27-22(19-14-15-7-3-4-10-18(15)28-19)23-17-9-6-8-16(13-17)21-25-24-20-11-2-1-5-12-26(20)21/h3-4,6-10,13-14H,1-2,5,11-12H2,(H,23,27). The van der Waals surface area contributed by atoms with Crippen LogP contribution in [0.15, 0.2) is 59.0 Å². The fourth-order valence-corrected chi connectivity index (χ4v) is 3.72. The van der Waals surface area contributed by atoms with Crippen LogP contribution in [0.5, 0.6) is 0 Å². The molecule has 0 atom stereocenters. The van der Waals surface area contributed by atoms with Gasteiger partial charge >= 0.3 is 0 Å². The molecule has 1 amide bonds. The molecule has 28 heavy (non-hydrogen) atoms. The number of fused-ring (bicyclic) bond motifs is 2. The topological polar surface area (TPSA) is 73.0 Å². The van der Waals surface area contributed by atoms with Gasteiger partial charge in [-0.2, -0.15) is 0 Å². The molecule has 0 unspecified atom stereocenters. The van der Waals surface area contributed by atoms with E-state index in [0.717, 1.165) is 48.4 Å². The Morgan fingerprint density at radius 1 is 1.00 bits per heavy atom. The van der Waals surface area contributed by atoms with Crippen LogP contribution in [-0.2, 0) is 13.0 Å². The minimum absolute atomic E-state index is 0.270. The maximum absolute atomic E-state index is 12.6. The Kier molecular flexibility index (Phi) is 4.16. The van der Waals surface area contributed by atoms with Crippen molar-refractivity contribution in [2.75, 3.05) is 5.32 Å². The van der Waals surface area contributed by atoms with Crippen molar-refractivity contribution in [2.24, 2.45) is 0 Å². The average molecular weight is 372 g/mol. The third-order valence-electron chi connectivity index (χ3n) is 5.14. The van der Waals surface area contributed by atoms with E-state index in [1.807, 2.05) is 48.5 Å². The van der Waals surface area contributed by atoms with Crippen LogP contribution in [0.3, 0.4) is 0 Å². The Morgan fingerprint density at radius 3 is 2.86 bits per heavy atom. The van der Waals surface area contributed by atoms with Crippen LogP contribution in [0.1, 0.15) is 35.6 Å². The van der Waals surface area contributed by atoms with E-state index in [0.29, 0.717) is 17.0 Å². The van der Waals surface area contributed by atoms with Crippen LogP contribution in [0.2, 0.25) is 0 Å². The van der Waals surface area contributed by atoms with E-state index in [1.165, 1.54) is 6.42 Å². The van der Waals surface area contributed by atoms with Crippen molar-refractivity contribution in [1.29, 1.82) is 0 Å². The molecular weight excluding hydrogens is 352 g/mol. The molecule has 2 aromatic heterocycles. The number of rotatable bonds is 3. The van der Waals surface area contributed by atoms with Crippen LogP contribution >= 0.6 is 0 Å². The first kappa shape index (κ1) is 16.7. The Bertz CT molecular complexity index is 1130. The van der Waals surface area contributed by atoms with Crippen LogP contribution in [0.4, 0.5) is 5.69 Å². The Labute approximate surface area is 162 Å². The largest absolute Gasteiger partial charge is 0.451 e. The van der Waals surface area contributed by atoms with Gasteiger partial charge in [-0.15, -0.1) is 10.2 Å². The fourth-order valence-electron chi connectivity index (χ4n) is 3.72. The van der Waals surface area contributed by atoms with Gasteiger partial charge in [0.25, 0.3) is 5.91 Å². The van der Waals surface area contributed by atoms with Crippen LogP contribution < -0.4 is 5.32 Å². The Balaban J connectivity index is 1.41. The smallest absolute Gasteiger partial charge is 0.291 e. The lowest BCUT2D eigenvalue weighted by Crippen LogP contribution is -2.11. The maximum Gasteiger partial charge on any atom is 0.291 e. The lowest BCUT2D eigenvalue weighted by molar-refractivity contribution is 0.0998. The molecule has 6 nitrogen and oxygen atoms in total. The first-order valence-corrected chi connectivity index (χ1v) is 9.60. The summed E-state index contributed by atoms with van der Waals surface area (Å²) < 4.78 is 7.86. The van der Waals surface area contributed by atoms with Gasteiger partial charge in [-0.05, 0) is 37.1 Å². The molecule has 0 fully saturated rings. The van der Waals surface area contributed by atoms with Crippen LogP contribution in [-0.4, -0.2) is 20.7 Å². The summed E-state index contributed by atoms with van der Waals surface area (Å²) in [5.41, 5.74) is 2.35. The molecule has 0 aliphatic carbocycles. The van der Waals surface area contributed by atoms with Crippen molar-refractivity contribution in [3.63, 3.8) is 0 Å². The highest BCUT2D eigenvalue weighted by molar-refractivity contribution is 6.04. The summed E-state index contributed by atoms with van der Waals surface area (Å²) in [5, 5.41) is 12.6. The fraction of sp³-hybridized carbons (Fsp3) is 0.227. The van der Waals surface area contributed by atoms with Gasteiger partial charge in [0.1, 0.15) is 11.4 Å². The molecule has 0 saturated carbocycles. The number of aromatic nitrogens is 3. The molecule has 1 aliphatic heterocycles. The molecule has 140 valence electrons. The molecule has 0 radical (unpaired) electrons. The van der Waals surface area contributed by atoms with Gasteiger partial charge in [-0.25, -0.2) is 0 Å². The summed E-state index contributed by atoms with van der Waals surface area (Å²) in [5.74, 6) is 1.93. The maximum atomic E-state index is 12.6. The first-order valence-electron chi connectivity index (χ1n) is 9.60. The van der Waals surface area contributed by atoms with Crippen molar-refractivity contribution < 1.29 is 9.21 Å². The number of benzene rings is 2. The zero-order valence-corrected chi connectivity index (χ0v) is 15.4. The number of para-hydroxylation sites is 1. The molecule has 0 saturated heterocycles. The zero-order valence-electron chi connectivity index (χ0n) is 15.4. The average Bonchev–Trinajstić information content (AvgIpc) is 3.26. The van der Waals surface area contributed by atoms with E-state index in [-0.39, 0.29) is 5.91 Å². The molecule has 0 bridgehead atoms. The predicted octanol–water partition coefficient (Wildman–Crippen LogP) is 4.67. The Morgan fingerprint density at radius 2 is 1.93 bits per heavy atom. The summed E-state index contributed by atoms with van der Waals surface area (Å²) in [7, 11) is 0. The van der Waals surface area contributed by atoms with Gasteiger partial charge < -0.3 is 14.3 Å². The zero-order chi connectivity index (χ0) is 18.9. The van der Waals surface area contributed by atoms with E-state index in [9.17, 15) is 4.79 Å². The number of anilines is 1. The monoisotopic (exact) mass is 372 g/mol. The Hall–Kier alpha value is -3.41. The highest BCUT2D eigenvalue weighted by Crippen LogP contribution is 2.26. The molecule has 2 aromatic carbocycles. The number of nitrogens with one attached hydrogen (secondary N) is 1. The second-order valence-electron chi connectivity index (χ2n) is 7.09. The highest BCUT2D eigenvalue weighted by Gasteiger charge is 2.17. The van der Waals surface area contributed by atoms with Gasteiger partial charge in [0, 0.05) is 29.6 Å². The molecule has 4 aromatic rings. The highest BCUT2D eigenvalue weighted by atomic mass is 16.3. The summed E-state index contributed by atoms with van der Waals surface area (Å²) in [6.45, 7) is 0.938. The third-order valence-corrected chi connectivity index (χ3v) is 5.14. The number of hydrogen-bond donors (Lipinski definition) is 1. The van der Waals surface area contributed by atoms with Crippen molar-refractivity contribution in [2.45, 2.75) is 32.2 Å². The molecule has 5 rings (SSSR count). The van der Waals surface area contributed by atoms with E-state index >= 15 is 0 Å². The SMILES string of the molecule is O=C(Nc1cccc(-c2nnc3n2CCCCC3)c1)c1cc2ccccc2o1. The minimum atomic E-state index is -0.270. The van der Waals surface area contributed by atoms with E-state index < -0.39 is 0 Å². The number of nitrogens with zero attached hydrogens (tertiary/aromatic N) is 3. The summed E-state index contributed by atoms with van der Waals surface area (Å²) >= 11 is 0. The van der Waals surface area contributed by atoms with E-state index in [2.05, 4.69) is 20.1 Å². The number of hydrogen-bond acceptors (Lipinski definition) is 4. The normalized spacial score (nSPS) is 13.9. The second-order valence-corrected chi connectivity index (χ2v) is 7.09. The molecule has 1 aliphatic rings. The summed E-state index contributed by atoms with van der Waals surface area (Å²) in [6.07, 6.45) is 4.48.